The van der Waals surface area contributed by atoms with Crippen LogP contribution in [0, 0.1) is 6.92 Å². The minimum Gasteiger partial charge on any atom is -0.311 e. The van der Waals surface area contributed by atoms with Crippen molar-refractivity contribution >= 4 is 23.2 Å². The Labute approximate surface area is 160 Å². The fourth-order valence-corrected chi connectivity index (χ4v) is 3.01. The number of hydrogen-bond donors (Lipinski definition) is 0. The Bertz CT molecular complexity index is 894. The van der Waals surface area contributed by atoms with E-state index in [4.69, 9.17) is 0 Å². The van der Waals surface area contributed by atoms with Gasteiger partial charge in [-0.25, -0.2) is 9.97 Å². The molecule has 0 aliphatic heterocycles. The number of rotatable bonds is 6. The maximum absolute atomic E-state index is 12.9. The van der Waals surface area contributed by atoms with E-state index in [9.17, 15) is 4.79 Å². The molecule has 3 rings (SSSR count). The Morgan fingerprint density at radius 2 is 1.56 bits per heavy atom. The van der Waals surface area contributed by atoms with Crippen LogP contribution in [0.5, 0.6) is 0 Å². The third-order valence-electron chi connectivity index (χ3n) is 4.39. The summed E-state index contributed by atoms with van der Waals surface area (Å²) in [5.41, 5.74) is 3.50. The number of carbonyl (C=O) groups is 1. The van der Waals surface area contributed by atoms with Gasteiger partial charge in [0.25, 0.3) is 5.91 Å². The second-order valence-corrected chi connectivity index (χ2v) is 6.24. The summed E-state index contributed by atoms with van der Waals surface area (Å²) in [5, 5.41) is 0. The van der Waals surface area contributed by atoms with Crippen LogP contribution in [0.2, 0.25) is 0 Å². The Morgan fingerprint density at radius 3 is 2.15 bits per heavy atom. The molecule has 1 amide bonds. The van der Waals surface area contributed by atoms with E-state index >= 15 is 0 Å². The molecule has 0 fully saturated rings. The van der Waals surface area contributed by atoms with Crippen LogP contribution < -0.4 is 9.80 Å². The van der Waals surface area contributed by atoms with Gasteiger partial charge >= 0.3 is 0 Å². The average Bonchev–Trinajstić information content (AvgIpc) is 2.70. The van der Waals surface area contributed by atoms with Crippen LogP contribution in [0.25, 0.3) is 0 Å². The van der Waals surface area contributed by atoms with Gasteiger partial charge in [0.05, 0.1) is 5.56 Å². The highest BCUT2D eigenvalue weighted by Gasteiger charge is 2.18. The summed E-state index contributed by atoms with van der Waals surface area (Å²) >= 11 is 0. The van der Waals surface area contributed by atoms with E-state index in [2.05, 4.69) is 9.97 Å². The van der Waals surface area contributed by atoms with Crippen molar-refractivity contribution in [3.05, 3.63) is 78.1 Å². The predicted molar refractivity (Wildman–Crippen MR) is 110 cm³/mol. The zero-order chi connectivity index (χ0) is 19.2. The number of carbonyl (C=O) groups excluding carboxylic acids is 1. The fraction of sp³-hybridized carbons (Fsp3) is 0.227. The molecule has 0 radical (unpaired) electrons. The van der Waals surface area contributed by atoms with Gasteiger partial charge in [0.15, 0.2) is 0 Å². The van der Waals surface area contributed by atoms with Crippen molar-refractivity contribution in [1.29, 1.82) is 0 Å². The van der Waals surface area contributed by atoms with Gasteiger partial charge in [-0.15, -0.1) is 0 Å². The molecule has 0 aliphatic carbocycles. The SMILES string of the molecule is CCN(C(=O)c1cnc(N(CC)c2ccccc2)nc1)c1cccc(C)c1. The van der Waals surface area contributed by atoms with Crippen LogP contribution in [0.15, 0.2) is 67.0 Å². The summed E-state index contributed by atoms with van der Waals surface area (Å²) in [6.07, 6.45) is 3.21. The molecule has 1 heterocycles. The Balaban J connectivity index is 1.84. The van der Waals surface area contributed by atoms with Gasteiger partial charge < -0.3 is 9.80 Å². The molecule has 0 aliphatic rings. The molecular formula is C22H24N4O. The molecule has 0 bridgehead atoms. The summed E-state index contributed by atoms with van der Waals surface area (Å²) in [7, 11) is 0. The third kappa shape index (κ3) is 4.14. The number of anilines is 3. The highest BCUT2D eigenvalue weighted by Crippen LogP contribution is 2.22. The maximum atomic E-state index is 12.9. The number of benzene rings is 2. The Hall–Kier alpha value is -3.21. The van der Waals surface area contributed by atoms with E-state index < -0.39 is 0 Å². The highest BCUT2D eigenvalue weighted by atomic mass is 16.2. The minimum absolute atomic E-state index is 0.0996. The molecule has 0 saturated carbocycles. The van der Waals surface area contributed by atoms with Crippen LogP contribution in [0.3, 0.4) is 0 Å². The maximum Gasteiger partial charge on any atom is 0.261 e. The van der Waals surface area contributed by atoms with Gasteiger partial charge in [0.2, 0.25) is 5.95 Å². The molecular weight excluding hydrogens is 336 g/mol. The van der Waals surface area contributed by atoms with Crippen LogP contribution in [-0.4, -0.2) is 29.0 Å². The number of amides is 1. The zero-order valence-electron chi connectivity index (χ0n) is 16.0. The Morgan fingerprint density at radius 1 is 0.889 bits per heavy atom. The normalized spacial score (nSPS) is 10.5. The largest absolute Gasteiger partial charge is 0.311 e. The van der Waals surface area contributed by atoms with Crippen LogP contribution in [0.4, 0.5) is 17.3 Å². The van der Waals surface area contributed by atoms with Gasteiger partial charge in [0.1, 0.15) is 0 Å². The first-order valence-corrected chi connectivity index (χ1v) is 9.17. The topological polar surface area (TPSA) is 49.3 Å². The van der Waals surface area contributed by atoms with Crippen molar-refractivity contribution in [1.82, 2.24) is 9.97 Å². The lowest BCUT2D eigenvalue weighted by atomic mass is 10.2. The molecule has 138 valence electrons. The van der Waals surface area contributed by atoms with Gasteiger partial charge in [-0.1, -0.05) is 30.3 Å². The zero-order valence-corrected chi connectivity index (χ0v) is 16.0. The summed E-state index contributed by atoms with van der Waals surface area (Å²) in [6, 6.07) is 17.9. The van der Waals surface area contributed by atoms with Crippen molar-refractivity contribution in [2.24, 2.45) is 0 Å². The van der Waals surface area contributed by atoms with Gasteiger partial charge in [-0.2, -0.15) is 0 Å². The van der Waals surface area contributed by atoms with Crippen LogP contribution in [-0.2, 0) is 0 Å². The third-order valence-corrected chi connectivity index (χ3v) is 4.39. The lowest BCUT2D eigenvalue weighted by molar-refractivity contribution is 0.0987. The average molecular weight is 360 g/mol. The van der Waals surface area contributed by atoms with E-state index in [1.165, 1.54) is 0 Å². The molecule has 0 unspecified atom stereocenters. The van der Waals surface area contributed by atoms with Crippen LogP contribution >= 0.6 is 0 Å². The van der Waals surface area contributed by atoms with Crippen molar-refractivity contribution in [3.63, 3.8) is 0 Å². The minimum atomic E-state index is -0.0996. The molecule has 5 heteroatoms. The van der Waals surface area contributed by atoms with Crippen molar-refractivity contribution in [2.45, 2.75) is 20.8 Å². The summed E-state index contributed by atoms with van der Waals surface area (Å²) in [6.45, 7) is 7.34. The molecule has 0 atom stereocenters. The molecule has 3 aromatic rings. The van der Waals surface area contributed by atoms with Crippen molar-refractivity contribution in [3.8, 4) is 0 Å². The second kappa shape index (κ2) is 8.45. The smallest absolute Gasteiger partial charge is 0.261 e. The monoisotopic (exact) mass is 360 g/mol. The lowest BCUT2D eigenvalue weighted by Gasteiger charge is -2.23. The highest BCUT2D eigenvalue weighted by molar-refractivity contribution is 6.05. The molecule has 2 aromatic carbocycles. The number of aromatic nitrogens is 2. The first-order chi connectivity index (χ1) is 13.1. The predicted octanol–water partition coefficient (Wildman–Crippen LogP) is 4.61. The molecule has 1 aromatic heterocycles. The lowest BCUT2D eigenvalue weighted by Crippen LogP contribution is -2.31. The van der Waals surface area contributed by atoms with Gasteiger partial charge in [-0.3, -0.25) is 4.79 Å². The van der Waals surface area contributed by atoms with E-state index in [0.29, 0.717) is 18.1 Å². The first-order valence-electron chi connectivity index (χ1n) is 9.17. The van der Waals surface area contributed by atoms with E-state index in [-0.39, 0.29) is 5.91 Å². The summed E-state index contributed by atoms with van der Waals surface area (Å²) < 4.78 is 0. The number of nitrogens with zero attached hydrogens (tertiary/aromatic N) is 4. The van der Waals surface area contributed by atoms with Crippen LogP contribution in [0.1, 0.15) is 29.8 Å². The molecule has 27 heavy (non-hydrogen) atoms. The second-order valence-electron chi connectivity index (χ2n) is 6.24. The Kier molecular flexibility index (Phi) is 5.81. The molecule has 0 N–H and O–H groups in total. The summed E-state index contributed by atoms with van der Waals surface area (Å²) in [5.74, 6) is 0.483. The molecule has 5 nitrogen and oxygen atoms in total. The van der Waals surface area contributed by atoms with Crippen molar-refractivity contribution in [2.75, 3.05) is 22.9 Å². The van der Waals surface area contributed by atoms with E-state index in [1.807, 2.05) is 80.3 Å². The summed E-state index contributed by atoms with van der Waals surface area (Å²) in [4.78, 5) is 25.6. The van der Waals surface area contributed by atoms with Gasteiger partial charge in [0, 0.05) is 36.9 Å². The number of hydrogen-bond acceptors (Lipinski definition) is 4. The van der Waals surface area contributed by atoms with E-state index in [0.717, 1.165) is 23.5 Å². The number of aryl methyl sites for hydroxylation is 1. The first kappa shape index (κ1) is 18.6. The van der Waals surface area contributed by atoms with E-state index in [1.54, 1.807) is 17.3 Å². The number of para-hydroxylation sites is 1. The van der Waals surface area contributed by atoms with Crippen molar-refractivity contribution < 1.29 is 4.79 Å². The molecule has 0 spiro atoms. The fourth-order valence-electron chi connectivity index (χ4n) is 3.01. The van der Waals surface area contributed by atoms with Gasteiger partial charge in [-0.05, 0) is 50.6 Å². The quantitative estimate of drug-likeness (QED) is 0.644. The molecule has 0 saturated heterocycles. The standard InChI is InChI=1S/C22H24N4O/c1-4-25(20-13-9-10-17(3)14-20)21(27)18-15-23-22(24-16-18)26(5-2)19-11-7-6-8-12-19/h6-16H,4-5H2,1-3H3.